The lowest BCUT2D eigenvalue weighted by Crippen LogP contribution is -2.36. The van der Waals surface area contributed by atoms with Gasteiger partial charge in [0.2, 0.25) is 0 Å². The fraction of sp³-hybridized carbons (Fsp3) is 0.312. The Labute approximate surface area is 155 Å². The third kappa shape index (κ3) is 4.23. The molecule has 134 valence electrons. The fourth-order valence-electron chi connectivity index (χ4n) is 2.50. The van der Waals surface area contributed by atoms with Crippen LogP contribution in [0.4, 0.5) is 11.5 Å². The Morgan fingerprint density at radius 3 is 2.64 bits per heavy atom. The summed E-state index contributed by atoms with van der Waals surface area (Å²) in [6.45, 7) is 2.87. The van der Waals surface area contributed by atoms with E-state index in [4.69, 9.17) is 9.47 Å². The van der Waals surface area contributed by atoms with Crippen LogP contribution in [-0.4, -0.2) is 46.8 Å². The number of pyridine rings is 1. The Morgan fingerprint density at radius 2 is 2.00 bits per heavy atom. The number of nitrogens with zero attached hydrogens (tertiary/aromatic N) is 2. The molecule has 0 bridgehead atoms. The van der Waals surface area contributed by atoms with Crippen molar-refractivity contribution in [3.05, 3.63) is 41.0 Å². The number of rotatable bonds is 5. The van der Waals surface area contributed by atoms with Gasteiger partial charge in [-0.3, -0.25) is 4.72 Å². The van der Waals surface area contributed by atoms with Gasteiger partial charge in [-0.1, -0.05) is 15.9 Å². The standard InChI is InChI=1S/C16H18BrN3O4S/c1-23-14-4-2-12(17)10-15(14)25(21,22)19-13-3-5-16(18-11-13)20-6-8-24-9-7-20/h2-5,10-11,19H,6-9H2,1H3. The van der Waals surface area contributed by atoms with Gasteiger partial charge in [0, 0.05) is 17.6 Å². The van der Waals surface area contributed by atoms with Gasteiger partial charge in [0.15, 0.2) is 0 Å². The number of hydrogen-bond donors (Lipinski definition) is 1. The van der Waals surface area contributed by atoms with Gasteiger partial charge < -0.3 is 14.4 Å². The first-order chi connectivity index (χ1) is 12.0. The first-order valence-corrected chi connectivity index (χ1v) is 9.92. The number of anilines is 2. The number of aromatic nitrogens is 1. The summed E-state index contributed by atoms with van der Waals surface area (Å²) < 4.78 is 39.0. The highest BCUT2D eigenvalue weighted by atomic mass is 79.9. The molecule has 0 atom stereocenters. The number of methoxy groups -OCH3 is 1. The van der Waals surface area contributed by atoms with Crippen molar-refractivity contribution in [1.82, 2.24) is 4.98 Å². The van der Waals surface area contributed by atoms with Crippen LogP contribution in [-0.2, 0) is 14.8 Å². The van der Waals surface area contributed by atoms with E-state index in [1.807, 2.05) is 0 Å². The van der Waals surface area contributed by atoms with E-state index in [2.05, 4.69) is 30.5 Å². The van der Waals surface area contributed by atoms with Crippen LogP contribution in [0.3, 0.4) is 0 Å². The third-order valence-electron chi connectivity index (χ3n) is 3.75. The monoisotopic (exact) mass is 427 g/mol. The van der Waals surface area contributed by atoms with Crippen molar-refractivity contribution < 1.29 is 17.9 Å². The van der Waals surface area contributed by atoms with Gasteiger partial charge in [-0.15, -0.1) is 0 Å². The first kappa shape index (κ1) is 18.0. The molecule has 1 aliphatic rings. The molecular weight excluding hydrogens is 410 g/mol. The number of nitrogens with one attached hydrogen (secondary N) is 1. The third-order valence-corrected chi connectivity index (χ3v) is 5.65. The normalized spacial score (nSPS) is 15.0. The lowest BCUT2D eigenvalue weighted by atomic mass is 10.3. The van der Waals surface area contributed by atoms with Crippen LogP contribution < -0.4 is 14.4 Å². The second-order valence-corrected chi connectivity index (χ2v) is 7.97. The summed E-state index contributed by atoms with van der Waals surface area (Å²) in [5.41, 5.74) is 0.388. The predicted octanol–water partition coefficient (Wildman–Crippen LogP) is 2.49. The van der Waals surface area contributed by atoms with Crippen LogP contribution in [0.25, 0.3) is 0 Å². The van der Waals surface area contributed by atoms with Crippen LogP contribution in [0.1, 0.15) is 0 Å². The molecule has 9 heteroatoms. The van der Waals surface area contributed by atoms with Gasteiger partial charge in [0.25, 0.3) is 10.0 Å². The molecule has 25 heavy (non-hydrogen) atoms. The topological polar surface area (TPSA) is 80.8 Å². The minimum atomic E-state index is -3.79. The molecule has 3 rings (SSSR count). The quantitative estimate of drug-likeness (QED) is 0.789. The maximum atomic E-state index is 12.7. The van der Waals surface area contributed by atoms with Gasteiger partial charge in [0.1, 0.15) is 16.5 Å². The van der Waals surface area contributed by atoms with Crippen LogP contribution in [0.5, 0.6) is 5.75 Å². The van der Waals surface area contributed by atoms with E-state index < -0.39 is 10.0 Å². The Bertz CT molecular complexity index is 837. The second-order valence-electron chi connectivity index (χ2n) is 5.41. The van der Waals surface area contributed by atoms with E-state index in [1.165, 1.54) is 19.4 Å². The van der Waals surface area contributed by atoms with E-state index in [0.29, 0.717) is 23.4 Å². The van der Waals surface area contributed by atoms with Crippen LogP contribution in [0.15, 0.2) is 45.9 Å². The SMILES string of the molecule is COc1ccc(Br)cc1S(=O)(=O)Nc1ccc(N2CCOCC2)nc1. The molecule has 2 heterocycles. The smallest absolute Gasteiger partial charge is 0.265 e. The van der Waals surface area contributed by atoms with E-state index in [-0.39, 0.29) is 10.6 Å². The molecule has 1 aromatic heterocycles. The van der Waals surface area contributed by atoms with Crippen molar-refractivity contribution in [3.63, 3.8) is 0 Å². The summed E-state index contributed by atoms with van der Waals surface area (Å²) in [7, 11) is -2.36. The molecule has 0 spiro atoms. The van der Waals surface area contributed by atoms with E-state index in [0.717, 1.165) is 18.9 Å². The Kier molecular flexibility index (Phi) is 5.45. The van der Waals surface area contributed by atoms with Crippen molar-refractivity contribution in [2.75, 3.05) is 43.0 Å². The number of sulfonamides is 1. The average Bonchev–Trinajstić information content (AvgIpc) is 2.63. The van der Waals surface area contributed by atoms with Crippen LogP contribution in [0, 0.1) is 0 Å². The van der Waals surface area contributed by atoms with E-state index >= 15 is 0 Å². The minimum absolute atomic E-state index is 0.0571. The van der Waals surface area contributed by atoms with Crippen molar-refractivity contribution in [2.24, 2.45) is 0 Å². The number of benzene rings is 1. The van der Waals surface area contributed by atoms with E-state index in [9.17, 15) is 8.42 Å². The zero-order valence-corrected chi connectivity index (χ0v) is 16.0. The molecule has 1 fully saturated rings. The van der Waals surface area contributed by atoms with Gasteiger partial charge in [0.05, 0.1) is 32.2 Å². The first-order valence-electron chi connectivity index (χ1n) is 7.65. The molecule has 0 unspecified atom stereocenters. The van der Waals surface area contributed by atoms with Crippen molar-refractivity contribution in [2.45, 2.75) is 4.90 Å². The highest BCUT2D eigenvalue weighted by Gasteiger charge is 2.20. The molecular formula is C16H18BrN3O4S. The number of morpholine rings is 1. The Morgan fingerprint density at radius 1 is 1.24 bits per heavy atom. The summed E-state index contributed by atoms with van der Waals surface area (Å²) in [5, 5.41) is 0. The molecule has 0 radical (unpaired) electrons. The van der Waals surface area contributed by atoms with Gasteiger partial charge >= 0.3 is 0 Å². The molecule has 2 aromatic rings. The minimum Gasteiger partial charge on any atom is -0.495 e. The number of ether oxygens (including phenoxy) is 2. The van der Waals surface area contributed by atoms with Gasteiger partial charge in [-0.2, -0.15) is 0 Å². The molecule has 1 N–H and O–H groups in total. The van der Waals surface area contributed by atoms with Crippen LogP contribution in [0.2, 0.25) is 0 Å². The molecule has 0 aliphatic carbocycles. The summed E-state index contributed by atoms with van der Waals surface area (Å²) >= 11 is 3.28. The lowest BCUT2D eigenvalue weighted by Gasteiger charge is -2.27. The van der Waals surface area contributed by atoms with Gasteiger partial charge in [-0.25, -0.2) is 13.4 Å². The highest BCUT2D eigenvalue weighted by Crippen LogP contribution is 2.29. The summed E-state index contributed by atoms with van der Waals surface area (Å²) in [4.78, 5) is 6.50. The summed E-state index contributed by atoms with van der Waals surface area (Å²) in [6, 6.07) is 8.30. The zero-order chi connectivity index (χ0) is 17.9. The fourth-order valence-corrected chi connectivity index (χ4v) is 4.25. The largest absolute Gasteiger partial charge is 0.495 e. The molecule has 0 saturated carbocycles. The Hall–Kier alpha value is -1.84. The summed E-state index contributed by atoms with van der Waals surface area (Å²) in [5.74, 6) is 1.07. The number of halogens is 1. The lowest BCUT2D eigenvalue weighted by molar-refractivity contribution is 0.122. The molecule has 1 aromatic carbocycles. The molecule has 1 aliphatic heterocycles. The molecule has 7 nitrogen and oxygen atoms in total. The zero-order valence-electron chi connectivity index (χ0n) is 13.6. The van der Waals surface area contributed by atoms with Crippen LogP contribution >= 0.6 is 15.9 Å². The van der Waals surface area contributed by atoms with Crippen molar-refractivity contribution in [3.8, 4) is 5.75 Å². The van der Waals surface area contributed by atoms with Crippen molar-refractivity contribution >= 4 is 37.5 Å². The second kappa shape index (κ2) is 7.59. The number of hydrogen-bond acceptors (Lipinski definition) is 6. The summed E-state index contributed by atoms with van der Waals surface area (Å²) in [6.07, 6.45) is 1.51. The average molecular weight is 428 g/mol. The molecule has 0 amide bonds. The highest BCUT2D eigenvalue weighted by molar-refractivity contribution is 9.10. The molecule has 1 saturated heterocycles. The maximum absolute atomic E-state index is 12.7. The van der Waals surface area contributed by atoms with Crippen molar-refractivity contribution in [1.29, 1.82) is 0 Å². The Balaban J connectivity index is 1.80. The predicted molar refractivity (Wildman–Crippen MR) is 98.8 cm³/mol. The van der Waals surface area contributed by atoms with E-state index in [1.54, 1.807) is 24.3 Å². The van der Waals surface area contributed by atoms with Gasteiger partial charge in [-0.05, 0) is 30.3 Å². The maximum Gasteiger partial charge on any atom is 0.265 e.